The normalized spacial score (nSPS) is 19.2. The highest BCUT2D eigenvalue weighted by atomic mass is 16.5. The van der Waals surface area contributed by atoms with Crippen molar-refractivity contribution in [1.82, 2.24) is 4.90 Å². The third-order valence-electron chi connectivity index (χ3n) is 4.22. The lowest BCUT2D eigenvalue weighted by Crippen LogP contribution is -2.33. The molecule has 0 radical (unpaired) electrons. The number of hydrogen-bond acceptors (Lipinski definition) is 4. The zero-order valence-corrected chi connectivity index (χ0v) is 12.2. The third kappa shape index (κ3) is 3.01. The van der Waals surface area contributed by atoms with Gasteiger partial charge in [-0.05, 0) is 49.8 Å². The van der Waals surface area contributed by atoms with Crippen LogP contribution in [-0.2, 0) is 11.2 Å². The van der Waals surface area contributed by atoms with Crippen molar-refractivity contribution in [3.8, 4) is 5.75 Å². The summed E-state index contributed by atoms with van der Waals surface area (Å²) in [5, 5.41) is 12.4. The molecule has 2 aliphatic carbocycles. The van der Waals surface area contributed by atoms with Gasteiger partial charge in [0.25, 0.3) is 5.91 Å². The molecule has 0 aliphatic heterocycles. The monoisotopic (exact) mass is 288 g/mol. The molecule has 1 amide bonds. The van der Waals surface area contributed by atoms with Crippen molar-refractivity contribution in [1.29, 1.82) is 0 Å². The van der Waals surface area contributed by atoms with Gasteiger partial charge in [0.1, 0.15) is 5.75 Å². The molecule has 1 N–H and O–H groups in total. The summed E-state index contributed by atoms with van der Waals surface area (Å²) >= 11 is 0. The fourth-order valence-corrected chi connectivity index (χ4v) is 2.73. The standard InChI is InChI=1S/C16H20N2O3/c1-18(12-6-7-12)16(19)10-21-13-8-5-11-3-2-4-15(17-20)14(11)9-13/h5,8-9,12,20H,2-4,6-7,10H2,1H3/b17-15-. The number of carbonyl (C=O) groups excluding carboxylic acids is 1. The highest BCUT2D eigenvalue weighted by Gasteiger charge is 2.29. The van der Waals surface area contributed by atoms with Crippen LogP contribution in [0, 0.1) is 0 Å². The lowest BCUT2D eigenvalue weighted by atomic mass is 9.90. The average Bonchev–Trinajstić information content (AvgIpc) is 3.35. The van der Waals surface area contributed by atoms with Crippen LogP contribution in [0.4, 0.5) is 0 Å². The first-order valence-corrected chi connectivity index (χ1v) is 7.41. The maximum atomic E-state index is 11.9. The largest absolute Gasteiger partial charge is 0.484 e. The second-order valence-electron chi connectivity index (χ2n) is 5.74. The van der Waals surface area contributed by atoms with Gasteiger partial charge in [-0.3, -0.25) is 4.79 Å². The summed E-state index contributed by atoms with van der Waals surface area (Å²) in [6.45, 7) is 0.0530. The average molecular weight is 288 g/mol. The molecule has 1 aromatic rings. The molecule has 0 spiro atoms. The number of fused-ring (bicyclic) bond motifs is 1. The lowest BCUT2D eigenvalue weighted by molar-refractivity contribution is -0.132. The number of amides is 1. The van der Waals surface area contributed by atoms with Crippen molar-refractivity contribution >= 4 is 11.6 Å². The summed E-state index contributed by atoms with van der Waals surface area (Å²) in [4.78, 5) is 13.7. The van der Waals surface area contributed by atoms with E-state index in [1.54, 1.807) is 4.90 Å². The molecule has 5 heteroatoms. The maximum absolute atomic E-state index is 11.9. The number of benzene rings is 1. The van der Waals surface area contributed by atoms with E-state index < -0.39 is 0 Å². The van der Waals surface area contributed by atoms with Gasteiger partial charge >= 0.3 is 0 Å². The quantitative estimate of drug-likeness (QED) is 0.682. The van der Waals surface area contributed by atoms with Crippen LogP contribution in [0.2, 0.25) is 0 Å². The van der Waals surface area contributed by atoms with Gasteiger partial charge in [-0.15, -0.1) is 0 Å². The lowest BCUT2D eigenvalue weighted by Gasteiger charge is -2.19. The molecule has 112 valence electrons. The van der Waals surface area contributed by atoms with Crippen LogP contribution in [0.25, 0.3) is 0 Å². The van der Waals surface area contributed by atoms with Gasteiger partial charge in [0.2, 0.25) is 0 Å². The van der Waals surface area contributed by atoms with Crippen molar-refractivity contribution in [2.45, 2.75) is 38.1 Å². The van der Waals surface area contributed by atoms with Gasteiger partial charge in [0.05, 0.1) is 5.71 Å². The third-order valence-corrected chi connectivity index (χ3v) is 4.22. The molecule has 2 aliphatic rings. The number of carbonyl (C=O) groups is 1. The molecule has 1 fully saturated rings. The molecule has 0 unspecified atom stereocenters. The Morgan fingerprint density at radius 1 is 1.43 bits per heavy atom. The van der Waals surface area contributed by atoms with Crippen molar-refractivity contribution in [3.63, 3.8) is 0 Å². The SMILES string of the molecule is CN(C(=O)COc1ccc2c(c1)/C(=N\O)CCC2)C1CC1. The van der Waals surface area contributed by atoms with Crippen LogP contribution in [0.3, 0.4) is 0 Å². The minimum absolute atomic E-state index is 0.00581. The summed E-state index contributed by atoms with van der Waals surface area (Å²) in [6, 6.07) is 6.14. The summed E-state index contributed by atoms with van der Waals surface area (Å²) < 4.78 is 5.60. The predicted octanol–water partition coefficient (Wildman–Crippen LogP) is 2.20. The van der Waals surface area contributed by atoms with E-state index in [1.807, 2.05) is 25.2 Å². The molecule has 0 heterocycles. The Bertz CT molecular complexity index is 579. The van der Waals surface area contributed by atoms with Gasteiger partial charge < -0.3 is 14.8 Å². The van der Waals surface area contributed by atoms with Crippen molar-refractivity contribution in [2.24, 2.45) is 5.16 Å². The van der Waals surface area contributed by atoms with Gasteiger partial charge in [-0.1, -0.05) is 11.2 Å². The van der Waals surface area contributed by atoms with Crippen molar-refractivity contribution in [3.05, 3.63) is 29.3 Å². The molecule has 1 saturated carbocycles. The van der Waals surface area contributed by atoms with E-state index in [2.05, 4.69) is 5.16 Å². The molecular weight excluding hydrogens is 268 g/mol. The fourth-order valence-electron chi connectivity index (χ4n) is 2.73. The minimum Gasteiger partial charge on any atom is -0.484 e. The molecule has 0 aromatic heterocycles. The Morgan fingerprint density at radius 3 is 2.95 bits per heavy atom. The van der Waals surface area contributed by atoms with Gasteiger partial charge in [-0.25, -0.2) is 0 Å². The molecule has 21 heavy (non-hydrogen) atoms. The zero-order chi connectivity index (χ0) is 14.8. The second-order valence-corrected chi connectivity index (χ2v) is 5.74. The number of nitrogens with zero attached hydrogens (tertiary/aromatic N) is 2. The number of hydrogen-bond donors (Lipinski definition) is 1. The van der Waals surface area contributed by atoms with Crippen LogP contribution in [-0.4, -0.2) is 41.4 Å². The molecule has 3 rings (SSSR count). The van der Waals surface area contributed by atoms with E-state index in [9.17, 15) is 4.79 Å². The molecule has 5 nitrogen and oxygen atoms in total. The highest BCUT2D eigenvalue weighted by molar-refractivity contribution is 6.02. The van der Waals surface area contributed by atoms with E-state index in [0.717, 1.165) is 37.7 Å². The first-order valence-electron chi connectivity index (χ1n) is 7.41. The van der Waals surface area contributed by atoms with Gasteiger partial charge in [0, 0.05) is 18.7 Å². The first-order chi connectivity index (χ1) is 10.2. The molecule has 0 saturated heterocycles. The number of ether oxygens (including phenoxy) is 1. The Kier molecular flexibility index (Phi) is 3.82. The Balaban J connectivity index is 1.67. The van der Waals surface area contributed by atoms with Crippen LogP contribution in [0.5, 0.6) is 5.75 Å². The van der Waals surface area contributed by atoms with Crippen molar-refractivity contribution < 1.29 is 14.7 Å². The number of oxime groups is 1. The highest BCUT2D eigenvalue weighted by Crippen LogP contribution is 2.27. The summed E-state index contributed by atoms with van der Waals surface area (Å²) in [5.41, 5.74) is 2.80. The van der Waals surface area contributed by atoms with Gasteiger partial charge in [-0.2, -0.15) is 0 Å². The second kappa shape index (κ2) is 5.76. The van der Waals surface area contributed by atoms with Crippen LogP contribution >= 0.6 is 0 Å². The molecular formula is C16H20N2O3. The summed E-state index contributed by atoms with van der Waals surface area (Å²) in [5.74, 6) is 0.653. The number of rotatable bonds is 4. The number of aryl methyl sites for hydroxylation is 1. The molecule has 0 atom stereocenters. The van der Waals surface area contributed by atoms with Crippen molar-refractivity contribution in [2.75, 3.05) is 13.7 Å². The minimum atomic E-state index is 0.00581. The van der Waals surface area contributed by atoms with Gasteiger partial charge in [0.15, 0.2) is 6.61 Å². The van der Waals surface area contributed by atoms with E-state index >= 15 is 0 Å². The van der Waals surface area contributed by atoms with E-state index in [-0.39, 0.29) is 12.5 Å². The Hall–Kier alpha value is -2.04. The fraction of sp³-hybridized carbons (Fsp3) is 0.500. The van der Waals surface area contributed by atoms with Crippen LogP contribution < -0.4 is 4.74 Å². The predicted molar refractivity (Wildman–Crippen MR) is 79.0 cm³/mol. The zero-order valence-electron chi connectivity index (χ0n) is 12.2. The Morgan fingerprint density at radius 2 is 2.24 bits per heavy atom. The maximum Gasteiger partial charge on any atom is 0.260 e. The molecule has 0 bridgehead atoms. The van der Waals surface area contributed by atoms with E-state index in [0.29, 0.717) is 17.5 Å². The van der Waals surface area contributed by atoms with E-state index in [1.165, 1.54) is 5.56 Å². The topological polar surface area (TPSA) is 62.1 Å². The Labute approximate surface area is 124 Å². The first kappa shape index (κ1) is 13.9. The molecule has 1 aromatic carbocycles. The van der Waals surface area contributed by atoms with Crippen LogP contribution in [0.1, 0.15) is 36.8 Å². The number of likely N-dealkylation sites (N-methyl/N-ethyl adjacent to an activating group) is 1. The summed E-state index contributed by atoms with van der Waals surface area (Å²) in [7, 11) is 1.83. The smallest absolute Gasteiger partial charge is 0.260 e. The van der Waals surface area contributed by atoms with E-state index in [4.69, 9.17) is 9.94 Å². The summed E-state index contributed by atoms with van der Waals surface area (Å²) in [6.07, 6.45) is 4.94. The van der Waals surface area contributed by atoms with Crippen LogP contribution in [0.15, 0.2) is 23.4 Å².